The van der Waals surface area contributed by atoms with Crippen molar-refractivity contribution in [3.8, 4) is 11.1 Å². The number of rotatable bonds is 4. The molecular weight excluding hydrogens is 1050 g/mol. The van der Waals surface area contributed by atoms with Crippen molar-refractivity contribution in [2.45, 2.75) is 206 Å². The second-order valence-electron chi connectivity index (χ2n) is 32.2. The zero-order valence-corrected chi connectivity index (χ0v) is 54.7. The Balaban J connectivity index is 1.13. The van der Waals surface area contributed by atoms with Crippen LogP contribution in [0.25, 0.3) is 31.3 Å². The Kier molecular flexibility index (Phi) is 11.7. The molecule has 9 aromatic rings. The molecule has 0 spiro atoms. The lowest BCUT2D eigenvalue weighted by atomic mass is 9.33. The first-order valence-electron chi connectivity index (χ1n) is 32.3. The maximum atomic E-state index is 2.88. The van der Waals surface area contributed by atoms with Gasteiger partial charge in [0.1, 0.15) is 0 Å². The van der Waals surface area contributed by atoms with Gasteiger partial charge in [-0.3, -0.25) is 0 Å². The Labute approximate surface area is 513 Å². The third-order valence-corrected chi connectivity index (χ3v) is 24.3. The van der Waals surface area contributed by atoms with E-state index in [0.29, 0.717) is 0 Å². The van der Waals surface area contributed by atoms with Crippen LogP contribution in [0.3, 0.4) is 0 Å². The molecule has 0 N–H and O–H groups in total. The second kappa shape index (κ2) is 18.0. The molecule has 4 heterocycles. The number of fused-ring (bicyclic) bond motifs is 13. The summed E-state index contributed by atoms with van der Waals surface area (Å²) in [5.41, 5.74) is 27.2. The molecule has 0 radical (unpaired) electrons. The van der Waals surface area contributed by atoms with Gasteiger partial charge in [-0.25, -0.2) is 0 Å². The van der Waals surface area contributed by atoms with Crippen molar-refractivity contribution >= 4 is 100 Å². The average molecular weight is 1130 g/mol. The van der Waals surface area contributed by atoms with Gasteiger partial charge in [-0.15, -0.1) is 11.3 Å². The van der Waals surface area contributed by atoms with Crippen molar-refractivity contribution < 1.29 is 0 Å². The molecule has 1 fully saturated rings. The van der Waals surface area contributed by atoms with Crippen LogP contribution >= 0.6 is 11.3 Å². The lowest BCUT2D eigenvalue weighted by molar-refractivity contribution is 0.195. The summed E-state index contributed by atoms with van der Waals surface area (Å²) in [6.07, 6.45) is 9.41. The van der Waals surface area contributed by atoms with Gasteiger partial charge in [0.15, 0.2) is 0 Å². The minimum absolute atomic E-state index is 0.00101. The van der Waals surface area contributed by atoms with E-state index < -0.39 is 0 Å². The van der Waals surface area contributed by atoms with Gasteiger partial charge in [0, 0.05) is 65.6 Å². The van der Waals surface area contributed by atoms with Crippen molar-refractivity contribution in [1.29, 1.82) is 0 Å². The van der Waals surface area contributed by atoms with Crippen molar-refractivity contribution in [2.75, 3.05) is 14.7 Å². The SMILES string of the molecule is CC(C)(C)c1ccc(N2c3cc(N4c5ccc(C(C)(C)C)cc5C5(C)CCCCC45C)cc4c3B(c3cc5c(cc3N4c3ccc4c(c3)C(C)(C)CCC4(C)C)C(C)(C)CCC5(C)C)c3c2ccc2c3sc3ccccc32)c(-c2ccccc2)c1. The second-order valence-corrected chi connectivity index (χ2v) is 33.2. The van der Waals surface area contributed by atoms with E-state index in [1.54, 1.807) is 0 Å². The summed E-state index contributed by atoms with van der Waals surface area (Å²) < 4.78 is 2.74. The lowest BCUT2D eigenvalue weighted by Gasteiger charge is -2.51. The smallest absolute Gasteiger partial charge is 0.254 e. The Bertz CT molecular complexity index is 4290. The van der Waals surface area contributed by atoms with E-state index in [2.05, 4.69) is 271 Å². The summed E-state index contributed by atoms with van der Waals surface area (Å²) in [5, 5.41) is 2.69. The lowest BCUT2D eigenvalue weighted by Crippen LogP contribution is -2.62. The topological polar surface area (TPSA) is 9.72 Å². The van der Waals surface area contributed by atoms with Crippen LogP contribution in [-0.2, 0) is 37.9 Å². The van der Waals surface area contributed by atoms with Crippen LogP contribution in [0.4, 0.5) is 45.5 Å². The first-order valence-corrected chi connectivity index (χ1v) is 33.1. The van der Waals surface area contributed by atoms with Crippen LogP contribution in [0, 0.1) is 0 Å². The highest BCUT2D eigenvalue weighted by Crippen LogP contribution is 2.63. The van der Waals surface area contributed by atoms with Gasteiger partial charge in [0.25, 0.3) is 6.71 Å². The van der Waals surface area contributed by atoms with Crippen LogP contribution in [0.5, 0.6) is 0 Å². The highest BCUT2D eigenvalue weighted by Gasteiger charge is 2.59. The molecule has 2 unspecified atom stereocenters. The average Bonchev–Trinajstić information content (AvgIpc) is 1.79. The van der Waals surface area contributed by atoms with Gasteiger partial charge in [0.2, 0.25) is 0 Å². The molecule has 1 aromatic heterocycles. The summed E-state index contributed by atoms with van der Waals surface area (Å²) >= 11 is 2.00. The quantitative estimate of drug-likeness (QED) is 0.163. The number of benzene rings is 8. The van der Waals surface area contributed by atoms with E-state index in [-0.39, 0.29) is 50.2 Å². The number of anilines is 8. The fourth-order valence-corrected chi connectivity index (χ4v) is 18.6. The minimum atomic E-state index is -0.178. The molecule has 2 atom stereocenters. The third kappa shape index (κ3) is 7.88. The molecule has 3 aliphatic carbocycles. The molecule has 5 heteroatoms. The van der Waals surface area contributed by atoms with Gasteiger partial charge in [-0.05, 0) is 205 Å². The first kappa shape index (κ1) is 55.1. The van der Waals surface area contributed by atoms with Crippen LogP contribution < -0.4 is 31.1 Å². The highest BCUT2D eigenvalue weighted by molar-refractivity contribution is 7.28. The molecule has 1 saturated carbocycles. The third-order valence-electron chi connectivity index (χ3n) is 23.0. The van der Waals surface area contributed by atoms with E-state index in [4.69, 9.17) is 0 Å². The first-order chi connectivity index (χ1) is 40.1. The predicted molar refractivity (Wildman–Crippen MR) is 370 cm³/mol. The summed E-state index contributed by atoms with van der Waals surface area (Å²) in [7, 11) is 0. The van der Waals surface area contributed by atoms with Crippen LogP contribution in [-0.4, -0.2) is 12.3 Å². The normalized spacial score (nSPS) is 22.1. The van der Waals surface area contributed by atoms with E-state index in [1.165, 1.54) is 158 Å². The maximum absolute atomic E-state index is 2.88. The summed E-state index contributed by atoms with van der Waals surface area (Å²) in [6, 6.07) is 59.2. The van der Waals surface area contributed by atoms with Crippen LogP contribution in [0.1, 0.15) is 201 Å². The molecular formula is C80H88BN3S. The Morgan fingerprint density at radius 3 is 1.67 bits per heavy atom. The number of hydrogen-bond donors (Lipinski definition) is 0. The van der Waals surface area contributed by atoms with Crippen molar-refractivity contribution in [1.82, 2.24) is 0 Å². The summed E-state index contributed by atoms with van der Waals surface area (Å²) in [6.45, 7) is 39.5. The van der Waals surface area contributed by atoms with Gasteiger partial charge in [0.05, 0.1) is 11.2 Å². The van der Waals surface area contributed by atoms with Crippen molar-refractivity contribution in [2.24, 2.45) is 0 Å². The number of thiophene rings is 1. The van der Waals surface area contributed by atoms with E-state index in [1.807, 2.05) is 11.3 Å². The Hall–Kier alpha value is -6.56. The number of nitrogens with zero attached hydrogens (tertiary/aromatic N) is 3. The summed E-state index contributed by atoms with van der Waals surface area (Å²) in [4.78, 5) is 8.46. The fraction of sp³-hybridized carbons (Fsp3) is 0.400. The zero-order chi connectivity index (χ0) is 59.5. The molecule has 432 valence electrons. The molecule has 8 aromatic carbocycles. The Morgan fingerprint density at radius 1 is 0.412 bits per heavy atom. The Morgan fingerprint density at radius 2 is 0.988 bits per heavy atom. The molecule has 15 rings (SSSR count). The van der Waals surface area contributed by atoms with Crippen molar-refractivity contribution in [3.63, 3.8) is 0 Å². The molecule has 0 bridgehead atoms. The molecule has 0 saturated heterocycles. The fourth-order valence-electron chi connectivity index (χ4n) is 17.3. The van der Waals surface area contributed by atoms with Crippen LogP contribution in [0.2, 0.25) is 0 Å². The minimum Gasteiger partial charge on any atom is -0.334 e. The molecule has 85 heavy (non-hydrogen) atoms. The van der Waals surface area contributed by atoms with Gasteiger partial charge >= 0.3 is 0 Å². The van der Waals surface area contributed by atoms with E-state index in [9.17, 15) is 0 Å². The van der Waals surface area contributed by atoms with Gasteiger partial charge in [-0.1, -0.05) is 202 Å². The molecule has 3 aliphatic heterocycles. The number of hydrogen-bond acceptors (Lipinski definition) is 4. The molecule has 3 nitrogen and oxygen atoms in total. The summed E-state index contributed by atoms with van der Waals surface area (Å²) in [5.74, 6) is 0. The predicted octanol–water partition coefficient (Wildman–Crippen LogP) is 20.8. The molecule has 0 amide bonds. The van der Waals surface area contributed by atoms with Gasteiger partial charge in [-0.2, -0.15) is 0 Å². The van der Waals surface area contributed by atoms with E-state index >= 15 is 0 Å². The molecule has 6 aliphatic rings. The highest BCUT2D eigenvalue weighted by atomic mass is 32.1. The van der Waals surface area contributed by atoms with Gasteiger partial charge < -0.3 is 14.7 Å². The standard InChI is InChI=1S/C80H88BN3S/c1-73(2,3)50-28-33-63(56(42-50)49-24-18-17-19-25-49)83-65-35-31-55-54-26-20-21-27-69(54)85-72(55)71(65)81-62-47-59-60(78(13,14)41-40-77(59,11)12)48-66(62)82(52-30-32-57-58(44-52)76(9,10)39-38-75(57,7)8)67-45-53(46-68(83)70(67)81)84-64-34-29-51(74(4,5)6)43-61(64)79(15)36-22-23-37-80(79,84)16/h17-21,24-35,42-48H,22-23,36-41H2,1-16H3. The monoisotopic (exact) mass is 1130 g/mol. The van der Waals surface area contributed by atoms with E-state index in [0.717, 1.165) is 25.7 Å². The van der Waals surface area contributed by atoms with Crippen molar-refractivity contribution in [3.05, 3.63) is 185 Å². The largest absolute Gasteiger partial charge is 0.334 e. The zero-order valence-electron chi connectivity index (χ0n) is 53.8. The van der Waals surface area contributed by atoms with Crippen LogP contribution in [0.15, 0.2) is 146 Å². The maximum Gasteiger partial charge on any atom is 0.254 e.